The Balaban J connectivity index is 4.22. The second kappa shape index (κ2) is 37.3. The van der Waals surface area contributed by atoms with E-state index in [1.807, 2.05) is 21.1 Å². The van der Waals surface area contributed by atoms with Crippen molar-refractivity contribution in [2.24, 2.45) is 0 Å². The molecule has 0 fully saturated rings. The summed E-state index contributed by atoms with van der Waals surface area (Å²) >= 11 is 0. The summed E-state index contributed by atoms with van der Waals surface area (Å²) in [6, 6.07) is 0. The lowest BCUT2D eigenvalue weighted by Gasteiger charge is -2.24. The first kappa shape index (κ1) is 52.8. The van der Waals surface area contributed by atoms with Gasteiger partial charge >= 0.3 is 19.8 Å². The van der Waals surface area contributed by atoms with Gasteiger partial charge in [0.1, 0.15) is 19.8 Å². The van der Waals surface area contributed by atoms with E-state index in [-0.39, 0.29) is 25.6 Å². The highest BCUT2D eigenvalue weighted by molar-refractivity contribution is 7.47. The van der Waals surface area contributed by atoms with Gasteiger partial charge in [0.25, 0.3) is 0 Å². The van der Waals surface area contributed by atoms with Crippen LogP contribution in [0.25, 0.3) is 0 Å². The zero-order chi connectivity index (χ0) is 40.0. The molecular formula is C44H87NO8P+. The first-order valence-corrected chi connectivity index (χ1v) is 23.9. The maximum atomic E-state index is 12.7. The summed E-state index contributed by atoms with van der Waals surface area (Å²) in [6.07, 6.45) is 38.4. The third kappa shape index (κ3) is 40.4. The number of unbranched alkanes of at least 4 members (excludes halogenated alkanes) is 25. The molecule has 0 saturated carbocycles. The lowest BCUT2D eigenvalue weighted by atomic mass is 10.1. The Hall–Kier alpha value is -1.25. The van der Waals surface area contributed by atoms with Crippen LogP contribution < -0.4 is 0 Å². The van der Waals surface area contributed by atoms with Gasteiger partial charge < -0.3 is 18.9 Å². The monoisotopic (exact) mass is 789 g/mol. The molecule has 0 aliphatic carbocycles. The van der Waals surface area contributed by atoms with Crippen LogP contribution in [0.5, 0.6) is 0 Å². The zero-order valence-corrected chi connectivity index (χ0v) is 36.9. The van der Waals surface area contributed by atoms with Crippen LogP contribution in [0.3, 0.4) is 0 Å². The van der Waals surface area contributed by atoms with Gasteiger partial charge in [-0.3, -0.25) is 18.6 Å². The molecule has 0 spiro atoms. The number of esters is 2. The highest BCUT2D eigenvalue weighted by Gasteiger charge is 2.27. The largest absolute Gasteiger partial charge is 0.472 e. The Morgan fingerprint density at radius 3 is 1.37 bits per heavy atom. The number of likely N-dealkylation sites (N-methyl/N-ethyl adjacent to an activating group) is 1. The molecule has 0 aromatic heterocycles. The predicted molar refractivity (Wildman–Crippen MR) is 224 cm³/mol. The first-order chi connectivity index (χ1) is 26.0. The molecule has 0 saturated heterocycles. The summed E-state index contributed by atoms with van der Waals surface area (Å²) < 4.78 is 34.2. The molecule has 10 heteroatoms. The molecular weight excluding hydrogens is 701 g/mol. The summed E-state index contributed by atoms with van der Waals surface area (Å²) in [5.41, 5.74) is 0. The van der Waals surface area contributed by atoms with Crippen molar-refractivity contribution in [3.63, 3.8) is 0 Å². The van der Waals surface area contributed by atoms with Crippen molar-refractivity contribution in [1.29, 1.82) is 0 Å². The average Bonchev–Trinajstić information content (AvgIpc) is 3.12. The molecule has 320 valence electrons. The van der Waals surface area contributed by atoms with Crippen molar-refractivity contribution >= 4 is 19.8 Å². The highest BCUT2D eigenvalue weighted by atomic mass is 31.2. The Kier molecular flexibility index (Phi) is 36.5. The SMILES string of the molecule is CCCCCCCCCC/C=C\CCCCCCCCCCCC(=O)OC(COC(=O)CCCCCCCCCCC)COP(=O)(O)OCC[N+](C)(C)C. The number of nitrogens with zero attached hydrogens (tertiary/aromatic N) is 1. The lowest BCUT2D eigenvalue weighted by Crippen LogP contribution is -2.37. The fourth-order valence-electron chi connectivity index (χ4n) is 6.24. The number of carbonyl (C=O) groups is 2. The predicted octanol–water partition coefficient (Wildman–Crippen LogP) is 12.6. The second-order valence-electron chi connectivity index (χ2n) is 16.4. The topological polar surface area (TPSA) is 108 Å². The van der Waals surface area contributed by atoms with E-state index in [0.29, 0.717) is 23.9 Å². The van der Waals surface area contributed by atoms with Crippen LogP contribution in [0.4, 0.5) is 0 Å². The molecule has 54 heavy (non-hydrogen) atoms. The lowest BCUT2D eigenvalue weighted by molar-refractivity contribution is -0.870. The summed E-state index contributed by atoms with van der Waals surface area (Å²) in [5, 5.41) is 0. The van der Waals surface area contributed by atoms with Crippen molar-refractivity contribution in [2.45, 2.75) is 213 Å². The molecule has 9 nitrogen and oxygen atoms in total. The third-order valence-electron chi connectivity index (χ3n) is 9.80. The number of phosphoric ester groups is 1. The molecule has 0 amide bonds. The standard InChI is InChI=1S/C44H86NO8P/c1-6-8-10-12-14-16-17-18-19-20-21-22-23-24-25-26-27-29-31-33-35-37-44(47)53-42(41-52-54(48,49)51-39-38-45(3,4)5)40-50-43(46)36-34-32-30-28-15-13-11-9-7-2/h20-21,42H,6-19,22-41H2,1-5H3/p+1/b21-20-. The van der Waals surface area contributed by atoms with Gasteiger partial charge in [-0.2, -0.15) is 0 Å². The van der Waals surface area contributed by atoms with Crippen LogP contribution in [0.1, 0.15) is 206 Å². The zero-order valence-electron chi connectivity index (χ0n) is 36.0. The van der Waals surface area contributed by atoms with Crippen LogP contribution in [-0.2, 0) is 32.7 Å². The average molecular weight is 789 g/mol. The molecule has 0 aliphatic heterocycles. The van der Waals surface area contributed by atoms with E-state index in [1.54, 1.807) is 0 Å². The van der Waals surface area contributed by atoms with Crippen LogP contribution in [0, 0.1) is 0 Å². The summed E-state index contributed by atoms with van der Waals surface area (Å²) in [6.45, 7) is 4.41. The number of hydrogen-bond acceptors (Lipinski definition) is 7. The molecule has 1 N–H and O–H groups in total. The Labute approximate surface area is 333 Å². The van der Waals surface area contributed by atoms with Gasteiger partial charge in [0.2, 0.25) is 0 Å². The first-order valence-electron chi connectivity index (χ1n) is 22.4. The van der Waals surface area contributed by atoms with Crippen molar-refractivity contribution in [3.05, 3.63) is 12.2 Å². The van der Waals surface area contributed by atoms with E-state index < -0.39 is 26.5 Å². The summed E-state index contributed by atoms with van der Waals surface area (Å²) in [4.78, 5) is 35.2. The maximum absolute atomic E-state index is 12.7. The van der Waals surface area contributed by atoms with Crippen molar-refractivity contribution in [1.82, 2.24) is 0 Å². The van der Waals surface area contributed by atoms with Gasteiger partial charge in [-0.05, 0) is 38.5 Å². The number of rotatable bonds is 41. The van der Waals surface area contributed by atoms with Gasteiger partial charge in [0.05, 0.1) is 27.7 Å². The van der Waals surface area contributed by atoms with E-state index in [4.69, 9.17) is 18.5 Å². The summed E-state index contributed by atoms with van der Waals surface area (Å²) in [5.74, 6) is -0.796. The minimum absolute atomic E-state index is 0.0343. The molecule has 0 radical (unpaired) electrons. The van der Waals surface area contributed by atoms with Crippen molar-refractivity contribution in [2.75, 3.05) is 47.5 Å². The molecule has 0 aliphatic rings. The fraction of sp³-hybridized carbons (Fsp3) is 0.909. The van der Waals surface area contributed by atoms with E-state index in [0.717, 1.165) is 32.1 Å². The number of allylic oxidation sites excluding steroid dienone is 2. The molecule has 0 aromatic rings. The quantitative estimate of drug-likeness (QED) is 0.0214. The molecule has 0 rings (SSSR count). The summed E-state index contributed by atoms with van der Waals surface area (Å²) in [7, 11) is 1.48. The second-order valence-corrected chi connectivity index (χ2v) is 17.9. The molecule has 0 bridgehead atoms. The van der Waals surface area contributed by atoms with Gasteiger partial charge in [-0.1, -0.05) is 167 Å². The van der Waals surface area contributed by atoms with Crippen LogP contribution >= 0.6 is 7.82 Å². The number of ether oxygens (including phenoxy) is 2. The third-order valence-corrected chi connectivity index (χ3v) is 10.8. The maximum Gasteiger partial charge on any atom is 0.472 e. The number of carbonyl (C=O) groups excluding carboxylic acids is 2. The van der Waals surface area contributed by atoms with Crippen molar-refractivity contribution in [3.8, 4) is 0 Å². The van der Waals surface area contributed by atoms with E-state index >= 15 is 0 Å². The number of phosphoric acid groups is 1. The van der Waals surface area contributed by atoms with Gasteiger partial charge in [-0.15, -0.1) is 0 Å². The van der Waals surface area contributed by atoms with Crippen LogP contribution in [-0.4, -0.2) is 74.9 Å². The molecule has 0 aromatic carbocycles. The van der Waals surface area contributed by atoms with Gasteiger partial charge in [0, 0.05) is 12.8 Å². The van der Waals surface area contributed by atoms with Gasteiger partial charge in [0.15, 0.2) is 6.10 Å². The van der Waals surface area contributed by atoms with Crippen molar-refractivity contribution < 1.29 is 42.1 Å². The molecule has 0 heterocycles. The Morgan fingerprint density at radius 2 is 0.944 bits per heavy atom. The normalized spacial score (nSPS) is 13.7. The van der Waals surface area contributed by atoms with E-state index in [1.165, 1.54) is 141 Å². The Morgan fingerprint density at radius 1 is 0.556 bits per heavy atom. The van der Waals surface area contributed by atoms with E-state index in [2.05, 4.69) is 26.0 Å². The number of hydrogen-bond donors (Lipinski definition) is 1. The smallest absolute Gasteiger partial charge is 0.462 e. The van der Waals surface area contributed by atoms with Crippen LogP contribution in [0.2, 0.25) is 0 Å². The highest BCUT2D eigenvalue weighted by Crippen LogP contribution is 2.43. The fourth-order valence-corrected chi connectivity index (χ4v) is 6.99. The minimum Gasteiger partial charge on any atom is -0.462 e. The number of quaternary nitrogens is 1. The minimum atomic E-state index is -4.37. The van der Waals surface area contributed by atoms with Crippen LogP contribution in [0.15, 0.2) is 12.2 Å². The van der Waals surface area contributed by atoms with Gasteiger partial charge in [-0.25, -0.2) is 4.57 Å². The Bertz CT molecular complexity index is 938. The molecule has 2 atom stereocenters. The molecule has 2 unspecified atom stereocenters. The van der Waals surface area contributed by atoms with E-state index in [9.17, 15) is 19.0 Å².